The molecule has 1 atom stereocenters. The summed E-state index contributed by atoms with van der Waals surface area (Å²) in [6.45, 7) is 3.23. The molecule has 13 heteroatoms. The van der Waals surface area contributed by atoms with Crippen molar-refractivity contribution in [2.24, 2.45) is 0 Å². The van der Waals surface area contributed by atoms with Gasteiger partial charge in [-0.15, -0.1) is 10.2 Å². The lowest BCUT2D eigenvalue weighted by atomic mass is 10.1. The maximum atomic E-state index is 12.5. The third-order valence-electron chi connectivity index (χ3n) is 5.98. The smallest absolute Gasteiger partial charge is 0.391 e. The molecule has 2 aliphatic rings. The highest BCUT2D eigenvalue weighted by molar-refractivity contribution is 7.13. The monoisotopic (exact) mass is 475 g/mol. The fourth-order valence-corrected chi connectivity index (χ4v) is 4.45. The Kier molecular flexibility index (Phi) is 7.50. The molecule has 2 aromatic heterocycles. The molecule has 2 saturated heterocycles. The van der Waals surface area contributed by atoms with Crippen LogP contribution in [0.3, 0.4) is 0 Å². The molecule has 2 aliphatic heterocycles. The van der Waals surface area contributed by atoms with Gasteiger partial charge in [0.25, 0.3) is 0 Å². The minimum atomic E-state index is -0.501. The van der Waals surface area contributed by atoms with Crippen molar-refractivity contribution in [1.82, 2.24) is 35.3 Å². The van der Waals surface area contributed by atoms with Crippen molar-refractivity contribution in [1.29, 1.82) is 0 Å². The van der Waals surface area contributed by atoms with E-state index >= 15 is 0 Å². The summed E-state index contributed by atoms with van der Waals surface area (Å²) in [5.41, 5.74) is 1.57. The topological polar surface area (TPSA) is 129 Å². The van der Waals surface area contributed by atoms with Gasteiger partial charge in [0.15, 0.2) is 0 Å². The molecule has 4 rings (SSSR count). The van der Waals surface area contributed by atoms with Crippen LogP contribution in [0.25, 0.3) is 0 Å². The molecule has 178 valence electrons. The molecule has 2 fully saturated rings. The number of hydrogen-bond donors (Lipinski definition) is 2. The van der Waals surface area contributed by atoms with Crippen molar-refractivity contribution in [3.63, 3.8) is 0 Å². The van der Waals surface area contributed by atoms with E-state index in [2.05, 4.69) is 42.7 Å². The van der Waals surface area contributed by atoms with Crippen LogP contribution in [0.5, 0.6) is 5.88 Å². The Balaban J connectivity index is 1.32. The van der Waals surface area contributed by atoms with Crippen molar-refractivity contribution in [2.75, 3.05) is 50.5 Å². The van der Waals surface area contributed by atoms with E-state index in [1.54, 1.807) is 29.7 Å². The van der Waals surface area contributed by atoms with Crippen LogP contribution < -0.4 is 20.3 Å². The molecule has 3 amide bonds. The van der Waals surface area contributed by atoms with E-state index in [1.807, 2.05) is 4.90 Å². The number of anilines is 2. The highest BCUT2D eigenvalue weighted by Crippen LogP contribution is 2.21. The SMILES string of the molecule is CN1CCC(NC(=O)Oc2ccnc(N3CCC[C@@H](N(C)C(=O)Nc4nncs4)C3)n2)CC1. The van der Waals surface area contributed by atoms with E-state index < -0.39 is 6.09 Å². The molecule has 0 aliphatic carbocycles. The molecular formula is C20H29N9O3S. The third-order valence-corrected chi connectivity index (χ3v) is 6.58. The number of carbonyl (C=O) groups is 2. The van der Waals surface area contributed by atoms with Crippen LogP contribution in [0.1, 0.15) is 25.7 Å². The summed E-state index contributed by atoms with van der Waals surface area (Å²) in [5.74, 6) is 0.678. The van der Waals surface area contributed by atoms with E-state index in [9.17, 15) is 9.59 Å². The van der Waals surface area contributed by atoms with Gasteiger partial charge < -0.3 is 24.8 Å². The lowest BCUT2D eigenvalue weighted by molar-refractivity contribution is 0.180. The summed E-state index contributed by atoms with van der Waals surface area (Å²) in [6.07, 6.45) is 4.62. The first-order valence-electron chi connectivity index (χ1n) is 11.0. The number of aromatic nitrogens is 4. The number of urea groups is 1. The average molecular weight is 476 g/mol. The minimum absolute atomic E-state index is 0.0208. The Morgan fingerprint density at radius 1 is 1.24 bits per heavy atom. The number of hydrogen-bond acceptors (Lipinski definition) is 10. The van der Waals surface area contributed by atoms with E-state index in [0.29, 0.717) is 17.6 Å². The number of likely N-dealkylation sites (tertiary alicyclic amines) is 1. The second-order valence-corrected chi connectivity index (χ2v) is 9.17. The lowest BCUT2D eigenvalue weighted by Crippen LogP contribution is -2.50. The predicted molar refractivity (Wildman–Crippen MR) is 124 cm³/mol. The van der Waals surface area contributed by atoms with Gasteiger partial charge in [-0.05, 0) is 45.8 Å². The van der Waals surface area contributed by atoms with Crippen LogP contribution in [-0.2, 0) is 0 Å². The summed E-state index contributed by atoms with van der Waals surface area (Å²) in [6, 6.07) is 1.43. The van der Waals surface area contributed by atoms with Gasteiger partial charge in [-0.1, -0.05) is 11.3 Å². The van der Waals surface area contributed by atoms with Gasteiger partial charge >= 0.3 is 12.1 Å². The normalized spacial score (nSPS) is 19.7. The molecule has 0 spiro atoms. The standard InChI is InChI=1S/C20H29N9O3S/c1-27-10-6-14(7-11-27)23-20(31)32-16-5-8-21-17(24-16)29-9-3-4-15(12-29)28(2)19(30)25-18-26-22-13-33-18/h5,8,13-15H,3-4,6-7,9-12H2,1-2H3,(H,23,31)(H,25,26,30)/t15-/m1/s1. The highest BCUT2D eigenvalue weighted by atomic mass is 32.1. The van der Waals surface area contributed by atoms with Gasteiger partial charge in [0.05, 0.1) is 6.04 Å². The van der Waals surface area contributed by atoms with Crippen molar-refractivity contribution in [2.45, 2.75) is 37.8 Å². The fraction of sp³-hybridized carbons (Fsp3) is 0.600. The molecule has 2 aromatic rings. The van der Waals surface area contributed by atoms with Crippen LogP contribution >= 0.6 is 11.3 Å². The predicted octanol–water partition coefficient (Wildman–Crippen LogP) is 1.64. The number of amides is 3. The zero-order valence-corrected chi connectivity index (χ0v) is 19.6. The maximum absolute atomic E-state index is 12.5. The number of rotatable bonds is 5. The zero-order valence-electron chi connectivity index (χ0n) is 18.8. The third kappa shape index (κ3) is 6.26. The van der Waals surface area contributed by atoms with Crippen molar-refractivity contribution < 1.29 is 14.3 Å². The number of ether oxygens (including phenoxy) is 1. The van der Waals surface area contributed by atoms with Gasteiger partial charge in [0, 0.05) is 38.4 Å². The van der Waals surface area contributed by atoms with Gasteiger partial charge in [0.2, 0.25) is 17.0 Å². The molecule has 0 radical (unpaired) electrons. The summed E-state index contributed by atoms with van der Waals surface area (Å²) < 4.78 is 5.42. The molecule has 0 bridgehead atoms. The fourth-order valence-electron chi connectivity index (χ4n) is 4.01. The Bertz CT molecular complexity index is 937. The summed E-state index contributed by atoms with van der Waals surface area (Å²) >= 11 is 1.27. The number of likely N-dealkylation sites (N-methyl/N-ethyl adjacent to an activating group) is 1. The van der Waals surface area contributed by atoms with E-state index in [0.717, 1.165) is 45.3 Å². The van der Waals surface area contributed by atoms with Gasteiger partial charge in [0.1, 0.15) is 5.51 Å². The Hall–Kier alpha value is -3.06. The summed E-state index contributed by atoms with van der Waals surface area (Å²) in [7, 11) is 3.84. The Labute approximate surface area is 196 Å². The van der Waals surface area contributed by atoms with Crippen LogP contribution in [-0.4, -0.2) is 94.4 Å². The van der Waals surface area contributed by atoms with Crippen LogP contribution in [0.2, 0.25) is 0 Å². The van der Waals surface area contributed by atoms with Crippen molar-refractivity contribution >= 4 is 34.5 Å². The van der Waals surface area contributed by atoms with Gasteiger partial charge in [-0.25, -0.2) is 14.6 Å². The zero-order chi connectivity index (χ0) is 23.2. The molecule has 0 aromatic carbocycles. The molecule has 12 nitrogen and oxygen atoms in total. The second-order valence-electron chi connectivity index (χ2n) is 8.33. The first-order valence-corrected chi connectivity index (χ1v) is 11.9. The molecular weight excluding hydrogens is 446 g/mol. The first kappa shape index (κ1) is 23.1. The van der Waals surface area contributed by atoms with E-state index in [4.69, 9.17) is 4.74 Å². The highest BCUT2D eigenvalue weighted by Gasteiger charge is 2.28. The van der Waals surface area contributed by atoms with Crippen molar-refractivity contribution in [3.8, 4) is 5.88 Å². The molecule has 0 saturated carbocycles. The Morgan fingerprint density at radius 3 is 2.82 bits per heavy atom. The molecule has 4 heterocycles. The molecule has 0 unspecified atom stereocenters. The molecule has 33 heavy (non-hydrogen) atoms. The number of piperidine rings is 2. The van der Waals surface area contributed by atoms with Gasteiger partial charge in [-0.2, -0.15) is 4.98 Å². The summed E-state index contributed by atoms with van der Waals surface area (Å²) in [4.78, 5) is 39.6. The lowest BCUT2D eigenvalue weighted by Gasteiger charge is -2.37. The first-order chi connectivity index (χ1) is 16.0. The molecule has 2 N–H and O–H groups in total. The van der Waals surface area contributed by atoms with E-state index in [1.165, 1.54) is 11.3 Å². The van der Waals surface area contributed by atoms with Crippen molar-refractivity contribution in [3.05, 3.63) is 17.8 Å². The Morgan fingerprint density at radius 2 is 2.06 bits per heavy atom. The quantitative estimate of drug-likeness (QED) is 0.663. The van der Waals surface area contributed by atoms with Crippen LogP contribution in [0.15, 0.2) is 17.8 Å². The minimum Gasteiger partial charge on any atom is -0.391 e. The van der Waals surface area contributed by atoms with E-state index in [-0.39, 0.29) is 24.0 Å². The van der Waals surface area contributed by atoms with Crippen LogP contribution in [0, 0.1) is 0 Å². The number of carbonyl (C=O) groups excluding carboxylic acids is 2. The number of nitrogens with one attached hydrogen (secondary N) is 2. The number of nitrogens with zero attached hydrogens (tertiary/aromatic N) is 7. The van der Waals surface area contributed by atoms with Crippen LogP contribution in [0.4, 0.5) is 20.7 Å². The summed E-state index contributed by atoms with van der Waals surface area (Å²) in [5, 5.41) is 13.7. The largest absolute Gasteiger partial charge is 0.414 e. The van der Waals surface area contributed by atoms with Gasteiger partial charge in [-0.3, -0.25) is 5.32 Å². The second kappa shape index (κ2) is 10.7. The average Bonchev–Trinajstić information content (AvgIpc) is 3.33. The maximum Gasteiger partial charge on any atom is 0.414 e.